The second-order valence-corrected chi connectivity index (χ2v) is 7.76. The number of para-hydroxylation sites is 1. The molecule has 28 heavy (non-hydrogen) atoms. The molecular formula is C22H19NO4S. The molecule has 1 aromatic heterocycles. The number of thioether (sulfide) groups is 1. The molecule has 0 saturated heterocycles. The zero-order chi connectivity index (χ0) is 19.7. The monoisotopic (exact) mass is 393 g/mol. The van der Waals surface area contributed by atoms with Crippen LogP contribution >= 0.6 is 11.8 Å². The first kappa shape index (κ1) is 18.4. The van der Waals surface area contributed by atoms with Gasteiger partial charge in [0, 0.05) is 22.6 Å². The summed E-state index contributed by atoms with van der Waals surface area (Å²) < 4.78 is 10.5. The average Bonchev–Trinajstić information content (AvgIpc) is 2.87. The Morgan fingerprint density at radius 1 is 1.18 bits per heavy atom. The van der Waals surface area contributed by atoms with E-state index in [0.29, 0.717) is 17.9 Å². The first-order valence-corrected chi connectivity index (χ1v) is 9.74. The average molecular weight is 393 g/mol. The highest BCUT2D eigenvalue weighted by Crippen LogP contribution is 2.46. The van der Waals surface area contributed by atoms with Crippen molar-refractivity contribution < 1.29 is 14.3 Å². The van der Waals surface area contributed by atoms with Gasteiger partial charge in [-0.05, 0) is 36.8 Å². The van der Waals surface area contributed by atoms with Crippen LogP contribution in [-0.2, 0) is 0 Å². The zero-order valence-corrected chi connectivity index (χ0v) is 16.3. The van der Waals surface area contributed by atoms with Crippen molar-refractivity contribution in [3.05, 3.63) is 81.9 Å². The third-order valence-electron chi connectivity index (χ3n) is 4.60. The van der Waals surface area contributed by atoms with Crippen molar-refractivity contribution in [2.75, 3.05) is 7.11 Å². The van der Waals surface area contributed by atoms with E-state index in [4.69, 9.17) is 14.1 Å². The molecule has 2 aromatic carbocycles. The molecule has 0 fully saturated rings. The van der Waals surface area contributed by atoms with Gasteiger partial charge in [-0.25, -0.2) is 4.79 Å². The lowest BCUT2D eigenvalue weighted by molar-refractivity contribution is 0.414. The van der Waals surface area contributed by atoms with Crippen LogP contribution in [0.1, 0.15) is 28.6 Å². The van der Waals surface area contributed by atoms with Crippen LogP contribution in [0, 0.1) is 6.92 Å². The summed E-state index contributed by atoms with van der Waals surface area (Å²) in [4.78, 5) is 18.2. The molecule has 0 aliphatic carbocycles. The molecule has 0 amide bonds. The van der Waals surface area contributed by atoms with Crippen molar-refractivity contribution in [1.29, 1.82) is 0 Å². The van der Waals surface area contributed by atoms with Crippen molar-refractivity contribution in [2.45, 2.75) is 23.5 Å². The highest BCUT2D eigenvalue weighted by atomic mass is 32.2. The summed E-state index contributed by atoms with van der Waals surface area (Å²) in [7, 11) is 1.63. The molecule has 0 bridgehead atoms. The van der Waals surface area contributed by atoms with Crippen molar-refractivity contribution in [3.63, 3.8) is 0 Å². The molecule has 0 radical (unpaired) electrons. The third-order valence-corrected chi connectivity index (χ3v) is 5.92. The number of aromatic hydroxyl groups is 1. The third kappa shape index (κ3) is 3.55. The molecule has 0 spiro atoms. The van der Waals surface area contributed by atoms with Crippen LogP contribution in [0.3, 0.4) is 0 Å². The van der Waals surface area contributed by atoms with Gasteiger partial charge in [0.1, 0.15) is 22.8 Å². The summed E-state index contributed by atoms with van der Waals surface area (Å²) in [6.07, 6.45) is 0.479. The lowest BCUT2D eigenvalue weighted by Gasteiger charge is -2.16. The normalized spacial score (nSPS) is 16.1. The second kappa shape index (κ2) is 7.56. The van der Waals surface area contributed by atoms with Gasteiger partial charge in [0.05, 0.1) is 18.5 Å². The van der Waals surface area contributed by atoms with E-state index in [1.165, 1.54) is 6.07 Å². The maximum atomic E-state index is 12.5. The van der Waals surface area contributed by atoms with Gasteiger partial charge in [-0.1, -0.05) is 24.3 Å². The minimum atomic E-state index is -0.575. The van der Waals surface area contributed by atoms with Crippen LogP contribution in [0.2, 0.25) is 0 Å². The number of methoxy groups -OCH3 is 1. The molecule has 6 heteroatoms. The highest BCUT2D eigenvalue weighted by Gasteiger charge is 2.26. The number of aryl methyl sites for hydroxylation is 1. The second-order valence-electron chi connectivity index (χ2n) is 6.51. The van der Waals surface area contributed by atoms with E-state index in [-0.39, 0.29) is 16.6 Å². The van der Waals surface area contributed by atoms with Crippen LogP contribution in [0.25, 0.3) is 0 Å². The summed E-state index contributed by atoms with van der Waals surface area (Å²) in [6, 6.07) is 17.1. The molecule has 5 nitrogen and oxygen atoms in total. The molecule has 1 N–H and O–H groups in total. The number of fused-ring (bicyclic) bond motifs is 1. The van der Waals surface area contributed by atoms with E-state index < -0.39 is 5.63 Å². The summed E-state index contributed by atoms with van der Waals surface area (Å²) in [5, 5.41) is 10.4. The number of nitrogens with zero attached hydrogens (tertiary/aromatic N) is 1. The lowest BCUT2D eigenvalue weighted by atomic mass is 10.0. The van der Waals surface area contributed by atoms with Crippen LogP contribution in [-0.4, -0.2) is 17.9 Å². The fraction of sp³-hybridized carbons (Fsp3) is 0.182. The van der Waals surface area contributed by atoms with Crippen molar-refractivity contribution in [3.8, 4) is 11.5 Å². The Balaban J connectivity index is 1.83. The van der Waals surface area contributed by atoms with E-state index in [9.17, 15) is 9.90 Å². The van der Waals surface area contributed by atoms with Gasteiger partial charge >= 0.3 is 5.63 Å². The zero-order valence-electron chi connectivity index (χ0n) is 15.5. The largest absolute Gasteiger partial charge is 0.507 e. The lowest BCUT2D eigenvalue weighted by Crippen LogP contribution is -2.16. The first-order chi connectivity index (χ1) is 13.5. The summed E-state index contributed by atoms with van der Waals surface area (Å²) in [6.45, 7) is 1.63. The molecule has 1 atom stereocenters. The fourth-order valence-electron chi connectivity index (χ4n) is 3.23. The number of benzene rings is 2. The van der Waals surface area contributed by atoms with Gasteiger partial charge in [-0.15, -0.1) is 11.8 Å². The Kier molecular flexibility index (Phi) is 4.96. The van der Waals surface area contributed by atoms with Crippen molar-refractivity contribution >= 4 is 23.2 Å². The Labute approximate surface area is 166 Å². The minimum Gasteiger partial charge on any atom is -0.507 e. The molecule has 2 heterocycles. The van der Waals surface area contributed by atoms with Gasteiger partial charge in [0.15, 0.2) is 0 Å². The molecule has 3 aromatic rings. The van der Waals surface area contributed by atoms with Crippen LogP contribution < -0.4 is 10.4 Å². The molecule has 4 rings (SSSR count). The van der Waals surface area contributed by atoms with Crippen LogP contribution in [0.15, 0.2) is 73.7 Å². The number of aliphatic imine (C=N–C) groups is 1. The van der Waals surface area contributed by atoms with Crippen molar-refractivity contribution in [2.24, 2.45) is 4.99 Å². The van der Waals surface area contributed by atoms with Gasteiger partial charge in [-0.2, -0.15) is 0 Å². The Bertz CT molecular complexity index is 1100. The van der Waals surface area contributed by atoms with Gasteiger partial charge < -0.3 is 14.3 Å². The van der Waals surface area contributed by atoms with E-state index in [2.05, 4.69) is 0 Å². The first-order valence-electron chi connectivity index (χ1n) is 8.86. The Hall–Kier alpha value is -2.99. The number of hydrogen-bond donors (Lipinski definition) is 1. The van der Waals surface area contributed by atoms with E-state index >= 15 is 0 Å². The molecule has 1 aliphatic heterocycles. The molecule has 0 saturated carbocycles. The summed E-state index contributed by atoms with van der Waals surface area (Å²) in [5.41, 5.74) is 1.93. The highest BCUT2D eigenvalue weighted by molar-refractivity contribution is 7.99. The van der Waals surface area contributed by atoms with Gasteiger partial charge in [-0.3, -0.25) is 4.99 Å². The van der Waals surface area contributed by atoms with Crippen LogP contribution in [0.5, 0.6) is 11.5 Å². The number of rotatable bonds is 3. The Morgan fingerprint density at radius 2 is 1.93 bits per heavy atom. The van der Waals surface area contributed by atoms with Gasteiger partial charge in [0.2, 0.25) is 0 Å². The SMILES string of the molecule is COc1ccc([C@H]2CC(c3c(O)cc(C)oc3=O)=Nc3ccccc3S2)cc1. The maximum absolute atomic E-state index is 12.5. The number of ether oxygens (including phenoxy) is 1. The maximum Gasteiger partial charge on any atom is 0.348 e. The minimum absolute atomic E-state index is 0.0217. The van der Waals surface area contributed by atoms with E-state index in [0.717, 1.165) is 21.9 Å². The summed E-state index contributed by atoms with van der Waals surface area (Å²) in [5.74, 6) is 1.04. The van der Waals surface area contributed by atoms with E-state index in [1.807, 2.05) is 48.5 Å². The molecule has 1 aliphatic rings. The predicted molar refractivity (Wildman–Crippen MR) is 110 cm³/mol. The fourth-order valence-corrected chi connectivity index (χ4v) is 4.47. The quantitative estimate of drug-likeness (QED) is 0.676. The molecular weight excluding hydrogens is 374 g/mol. The van der Waals surface area contributed by atoms with E-state index in [1.54, 1.807) is 25.8 Å². The van der Waals surface area contributed by atoms with Crippen LogP contribution in [0.4, 0.5) is 5.69 Å². The van der Waals surface area contributed by atoms with Crippen molar-refractivity contribution in [1.82, 2.24) is 0 Å². The smallest absolute Gasteiger partial charge is 0.348 e. The topological polar surface area (TPSA) is 72.0 Å². The summed E-state index contributed by atoms with van der Waals surface area (Å²) >= 11 is 1.69. The predicted octanol–water partition coefficient (Wildman–Crippen LogP) is 5.02. The molecule has 0 unspecified atom stereocenters. The Morgan fingerprint density at radius 3 is 2.64 bits per heavy atom. The standard InChI is InChI=1S/C22H19NO4S/c1-13-11-18(24)21(22(25)27-13)17-12-20(14-7-9-15(26-2)10-8-14)28-19-6-4-3-5-16(19)23-17/h3-11,20,24H,12H2,1-2H3/t20-/m1/s1. The number of hydrogen-bond acceptors (Lipinski definition) is 6. The van der Waals surface area contributed by atoms with Gasteiger partial charge in [0.25, 0.3) is 0 Å². The molecule has 142 valence electrons.